The second kappa shape index (κ2) is 6.85. The molecular weight excluding hydrogens is 374 g/mol. The maximum atomic E-state index is 12.4. The van der Waals surface area contributed by atoms with Crippen molar-refractivity contribution in [1.82, 2.24) is 15.1 Å². The molecule has 26 heavy (non-hydrogen) atoms. The van der Waals surface area contributed by atoms with E-state index in [0.29, 0.717) is 17.5 Å². The molecule has 7 nitrogen and oxygen atoms in total. The first-order valence-electron chi connectivity index (χ1n) is 7.64. The molecule has 3 aromatic heterocycles. The molecule has 9 heteroatoms. The third-order valence-electron chi connectivity index (χ3n) is 3.53. The summed E-state index contributed by atoms with van der Waals surface area (Å²) in [6.07, 6.45) is 1.35. The average Bonchev–Trinajstić information content (AvgIpc) is 3.36. The molecule has 0 saturated heterocycles. The van der Waals surface area contributed by atoms with E-state index >= 15 is 0 Å². The molecule has 0 aliphatic carbocycles. The van der Waals surface area contributed by atoms with Gasteiger partial charge in [0.05, 0.1) is 17.0 Å². The molecule has 0 fully saturated rings. The molecule has 0 N–H and O–H groups in total. The normalized spacial score (nSPS) is 11.7. The summed E-state index contributed by atoms with van der Waals surface area (Å²) in [5, 5.41) is 7.48. The lowest BCUT2D eigenvalue weighted by atomic mass is 10.2. The smallest absolute Gasteiger partial charge is 0.258 e. The highest BCUT2D eigenvalue weighted by Gasteiger charge is 2.20. The SMILES string of the molecule is O=S(=O)(Cc1coc(-c2ccccc2)n1)Cc1noc(-c2ccsc2)n1. The molecule has 0 aliphatic rings. The van der Waals surface area contributed by atoms with Crippen LogP contribution in [0.25, 0.3) is 22.9 Å². The zero-order valence-electron chi connectivity index (χ0n) is 13.4. The van der Waals surface area contributed by atoms with Crippen molar-refractivity contribution in [3.63, 3.8) is 0 Å². The Hall–Kier alpha value is -2.78. The number of aromatic nitrogens is 3. The summed E-state index contributed by atoms with van der Waals surface area (Å²) in [5.41, 5.74) is 1.90. The maximum Gasteiger partial charge on any atom is 0.258 e. The molecular formula is C17H13N3O4S2. The van der Waals surface area contributed by atoms with E-state index in [9.17, 15) is 8.42 Å². The molecule has 132 valence electrons. The first kappa shape index (κ1) is 16.7. The minimum Gasteiger partial charge on any atom is -0.444 e. The van der Waals surface area contributed by atoms with Gasteiger partial charge in [0.25, 0.3) is 5.89 Å². The Morgan fingerprint density at radius 3 is 2.58 bits per heavy atom. The molecule has 4 rings (SSSR count). The number of hydrogen-bond donors (Lipinski definition) is 0. The van der Waals surface area contributed by atoms with Gasteiger partial charge in [-0.3, -0.25) is 0 Å². The van der Waals surface area contributed by atoms with E-state index in [1.54, 1.807) is 0 Å². The number of sulfone groups is 1. The van der Waals surface area contributed by atoms with Gasteiger partial charge in [-0.25, -0.2) is 13.4 Å². The summed E-state index contributed by atoms with van der Waals surface area (Å²) in [7, 11) is -3.52. The zero-order valence-corrected chi connectivity index (χ0v) is 15.0. The number of benzene rings is 1. The maximum absolute atomic E-state index is 12.4. The lowest BCUT2D eigenvalue weighted by Gasteiger charge is -1.97. The summed E-state index contributed by atoms with van der Waals surface area (Å²) in [6, 6.07) is 11.1. The fourth-order valence-electron chi connectivity index (χ4n) is 2.38. The number of thiophene rings is 1. The van der Waals surface area contributed by atoms with Crippen LogP contribution in [-0.4, -0.2) is 23.5 Å². The van der Waals surface area contributed by atoms with Gasteiger partial charge >= 0.3 is 0 Å². The molecule has 0 amide bonds. The summed E-state index contributed by atoms with van der Waals surface area (Å²) < 4.78 is 35.3. The summed E-state index contributed by atoms with van der Waals surface area (Å²) in [5.74, 6) is 0.233. The number of nitrogens with zero attached hydrogens (tertiary/aromatic N) is 3. The number of oxazole rings is 1. The molecule has 0 spiro atoms. The Labute approximate surface area is 153 Å². The lowest BCUT2D eigenvalue weighted by molar-refractivity contribution is 0.424. The minimum absolute atomic E-state index is 0.123. The topological polar surface area (TPSA) is 99.1 Å². The van der Waals surface area contributed by atoms with Gasteiger partial charge < -0.3 is 8.94 Å². The van der Waals surface area contributed by atoms with Crippen molar-refractivity contribution >= 4 is 21.2 Å². The molecule has 4 aromatic rings. The molecule has 0 atom stereocenters. The van der Waals surface area contributed by atoms with E-state index in [-0.39, 0.29) is 17.3 Å². The second-order valence-electron chi connectivity index (χ2n) is 5.57. The molecule has 1 aromatic carbocycles. The third-order valence-corrected chi connectivity index (χ3v) is 5.64. The zero-order chi connectivity index (χ0) is 18.0. The first-order chi connectivity index (χ1) is 12.6. The van der Waals surface area contributed by atoms with Crippen LogP contribution in [0.5, 0.6) is 0 Å². The van der Waals surface area contributed by atoms with Crippen molar-refractivity contribution in [3.8, 4) is 22.9 Å². The summed E-state index contributed by atoms with van der Waals surface area (Å²) in [6.45, 7) is 0. The van der Waals surface area contributed by atoms with Gasteiger partial charge in [-0.05, 0) is 23.6 Å². The number of hydrogen-bond acceptors (Lipinski definition) is 8. The van der Waals surface area contributed by atoms with Crippen LogP contribution in [0.4, 0.5) is 0 Å². The van der Waals surface area contributed by atoms with Crippen molar-refractivity contribution in [2.24, 2.45) is 0 Å². The average molecular weight is 387 g/mol. The molecule has 0 saturated carbocycles. The van der Waals surface area contributed by atoms with E-state index in [4.69, 9.17) is 8.94 Å². The van der Waals surface area contributed by atoms with Gasteiger partial charge in [-0.15, -0.1) is 0 Å². The number of rotatable bonds is 6. The Bertz CT molecular complexity index is 1100. The van der Waals surface area contributed by atoms with Gasteiger partial charge in [0.2, 0.25) is 5.89 Å². The molecule has 3 heterocycles. The largest absolute Gasteiger partial charge is 0.444 e. The van der Waals surface area contributed by atoms with Crippen LogP contribution in [0.3, 0.4) is 0 Å². The van der Waals surface area contributed by atoms with Crippen molar-refractivity contribution in [2.45, 2.75) is 11.5 Å². The van der Waals surface area contributed by atoms with Crippen LogP contribution >= 0.6 is 11.3 Å². The standard InChI is InChI=1S/C17H13N3O4S2/c21-26(22,11-15-19-17(24-20-15)13-6-7-25-9-13)10-14-8-23-16(18-14)12-4-2-1-3-5-12/h1-9H,10-11H2. The lowest BCUT2D eigenvalue weighted by Crippen LogP contribution is -2.09. The highest BCUT2D eigenvalue weighted by Crippen LogP contribution is 2.22. The predicted molar refractivity (Wildman–Crippen MR) is 95.9 cm³/mol. The van der Waals surface area contributed by atoms with Crippen LogP contribution in [-0.2, 0) is 21.3 Å². The molecule has 0 unspecified atom stereocenters. The Kier molecular flexibility index (Phi) is 4.39. The fourth-order valence-corrected chi connectivity index (χ4v) is 4.20. The van der Waals surface area contributed by atoms with E-state index in [2.05, 4.69) is 15.1 Å². The Balaban J connectivity index is 1.47. The van der Waals surface area contributed by atoms with Crippen LogP contribution in [0.15, 0.2) is 62.4 Å². The van der Waals surface area contributed by atoms with Crippen LogP contribution in [0.1, 0.15) is 11.5 Å². The second-order valence-corrected chi connectivity index (χ2v) is 8.41. The van der Waals surface area contributed by atoms with Gasteiger partial charge in [0.15, 0.2) is 15.7 Å². The molecule has 0 aliphatic heterocycles. The van der Waals surface area contributed by atoms with Crippen molar-refractivity contribution in [3.05, 3.63) is 64.9 Å². The van der Waals surface area contributed by atoms with Crippen LogP contribution in [0, 0.1) is 0 Å². The van der Waals surface area contributed by atoms with E-state index in [0.717, 1.165) is 11.1 Å². The Morgan fingerprint density at radius 2 is 1.81 bits per heavy atom. The first-order valence-corrected chi connectivity index (χ1v) is 10.4. The predicted octanol–water partition coefficient (Wildman–Crippen LogP) is 3.57. The van der Waals surface area contributed by atoms with Crippen LogP contribution in [0.2, 0.25) is 0 Å². The quantitative estimate of drug-likeness (QED) is 0.499. The van der Waals surface area contributed by atoms with Crippen molar-refractivity contribution in [2.75, 3.05) is 0 Å². The minimum atomic E-state index is -3.52. The third kappa shape index (κ3) is 3.73. The van der Waals surface area contributed by atoms with E-state index in [1.807, 2.05) is 47.2 Å². The van der Waals surface area contributed by atoms with Crippen molar-refractivity contribution < 1.29 is 17.4 Å². The van der Waals surface area contributed by atoms with Crippen LogP contribution < -0.4 is 0 Å². The van der Waals surface area contributed by atoms with Gasteiger partial charge in [0.1, 0.15) is 12.0 Å². The van der Waals surface area contributed by atoms with Gasteiger partial charge in [-0.1, -0.05) is 23.4 Å². The van der Waals surface area contributed by atoms with E-state index in [1.165, 1.54) is 17.6 Å². The van der Waals surface area contributed by atoms with Crippen molar-refractivity contribution in [1.29, 1.82) is 0 Å². The van der Waals surface area contributed by atoms with Gasteiger partial charge in [0, 0.05) is 10.9 Å². The molecule has 0 radical (unpaired) electrons. The summed E-state index contributed by atoms with van der Waals surface area (Å²) >= 11 is 1.49. The van der Waals surface area contributed by atoms with E-state index < -0.39 is 9.84 Å². The monoisotopic (exact) mass is 387 g/mol. The summed E-state index contributed by atoms with van der Waals surface area (Å²) in [4.78, 5) is 8.38. The molecule has 0 bridgehead atoms. The highest BCUT2D eigenvalue weighted by atomic mass is 32.2. The Morgan fingerprint density at radius 1 is 0.962 bits per heavy atom. The highest BCUT2D eigenvalue weighted by molar-refractivity contribution is 7.89. The fraction of sp³-hybridized carbons (Fsp3) is 0.118. The van der Waals surface area contributed by atoms with Gasteiger partial charge in [-0.2, -0.15) is 16.3 Å².